The Hall–Kier alpha value is -1.19. The van der Waals surface area contributed by atoms with Gasteiger partial charge in [-0.15, -0.1) is 0 Å². The van der Waals surface area contributed by atoms with Crippen LogP contribution in [0.1, 0.15) is 6.92 Å². The molecule has 0 saturated carbocycles. The van der Waals surface area contributed by atoms with E-state index in [1.807, 2.05) is 0 Å². The van der Waals surface area contributed by atoms with Gasteiger partial charge in [-0.05, 0) is 6.92 Å². The first-order valence-corrected chi connectivity index (χ1v) is 2.60. The van der Waals surface area contributed by atoms with Crippen LogP contribution in [0.4, 0.5) is 0 Å². The summed E-state index contributed by atoms with van der Waals surface area (Å²) >= 11 is 0. The number of nitrogens with two attached hydrogens (primary N) is 1. The number of carbonyl (C=O) groups is 1. The molecule has 3 N–H and O–H groups in total. The second-order valence-corrected chi connectivity index (χ2v) is 1.98. The Balaban J connectivity index is 2.80. The van der Waals surface area contributed by atoms with E-state index in [4.69, 9.17) is 5.73 Å². The van der Waals surface area contributed by atoms with Crippen molar-refractivity contribution < 1.29 is 9.90 Å². The Morgan fingerprint density at radius 3 is 2.56 bits per heavy atom. The maximum Gasteiger partial charge on any atom is 0.104 e. The van der Waals surface area contributed by atoms with Crippen LogP contribution in [0, 0.1) is 0 Å². The van der Waals surface area contributed by atoms with Crippen LogP contribution < -0.4 is 16.2 Å². The fourth-order valence-electron chi connectivity index (χ4n) is 0.825. The summed E-state index contributed by atoms with van der Waals surface area (Å²) in [5.41, 5.74) is 5.34. The Kier molecular flexibility index (Phi) is 1.09. The first kappa shape index (κ1) is 5.94. The number of carboxylic acid groups (broad SMARTS) is 1. The molecule has 0 unspecified atom stereocenters. The normalized spacial score (nSPS) is 24.8. The molecule has 1 aliphatic rings. The number of carboxylic acids is 1. The fraction of sp³-hybridized carbons (Fsp3) is 0.400. The Morgan fingerprint density at radius 1 is 1.89 bits per heavy atom. The van der Waals surface area contributed by atoms with Crippen molar-refractivity contribution >= 4 is 5.97 Å². The van der Waals surface area contributed by atoms with Gasteiger partial charge in [0.05, 0.1) is 12.0 Å². The number of aliphatic carboxylic acids is 1. The Bertz CT molecular complexity index is 185. The van der Waals surface area contributed by atoms with Crippen LogP contribution >= 0.6 is 0 Å². The molecule has 50 valence electrons. The van der Waals surface area contributed by atoms with Crippen molar-refractivity contribution in [2.24, 2.45) is 5.73 Å². The van der Waals surface area contributed by atoms with Gasteiger partial charge in [-0.1, -0.05) is 0 Å². The van der Waals surface area contributed by atoms with Gasteiger partial charge in [0.2, 0.25) is 0 Å². The summed E-state index contributed by atoms with van der Waals surface area (Å²) in [5, 5.41) is 12.8. The first-order chi connectivity index (χ1) is 4.13. The molecule has 4 nitrogen and oxygen atoms in total. The summed E-state index contributed by atoms with van der Waals surface area (Å²) in [6, 6.07) is -0.157. The van der Waals surface area contributed by atoms with Crippen LogP contribution in [0.25, 0.3) is 0 Å². The maximum atomic E-state index is 10.1. The van der Waals surface area contributed by atoms with E-state index in [1.165, 1.54) is 0 Å². The Labute approximate surface area is 52.3 Å². The lowest BCUT2D eigenvalue weighted by molar-refractivity contribution is -0.300. The molecule has 0 spiro atoms. The van der Waals surface area contributed by atoms with Gasteiger partial charge in [0.15, 0.2) is 0 Å². The zero-order valence-corrected chi connectivity index (χ0v) is 4.97. The molecule has 1 heterocycles. The highest BCUT2D eigenvalue weighted by Gasteiger charge is 2.22. The van der Waals surface area contributed by atoms with Gasteiger partial charge in [0.1, 0.15) is 5.82 Å². The van der Waals surface area contributed by atoms with Gasteiger partial charge in [-0.3, -0.25) is 0 Å². The summed E-state index contributed by atoms with van der Waals surface area (Å²) in [5.74, 6) is -0.957. The highest BCUT2D eigenvalue weighted by molar-refractivity contribution is 5.88. The molecule has 0 aliphatic carbocycles. The number of nitrogens with one attached hydrogen (secondary N) is 1. The largest absolute Gasteiger partial charge is 0.545 e. The monoisotopic (exact) mass is 127 g/mol. The van der Waals surface area contributed by atoms with Crippen molar-refractivity contribution in [2.75, 3.05) is 0 Å². The van der Waals surface area contributed by atoms with E-state index in [0.717, 1.165) is 0 Å². The van der Waals surface area contributed by atoms with Crippen LogP contribution in [-0.2, 0) is 4.79 Å². The summed E-state index contributed by atoms with van der Waals surface area (Å²) in [6.45, 7) is 1.71. The second kappa shape index (κ2) is 1.65. The van der Waals surface area contributed by atoms with Crippen LogP contribution in [0.5, 0.6) is 0 Å². The predicted molar refractivity (Wildman–Crippen MR) is 28.8 cm³/mol. The highest BCUT2D eigenvalue weighted by atomic mass is 16.4. The first-order valence-electron chi connectivity index (χ1n) is 2.60. The lowest BCUT2D eigenvalue weighted by Crippen LogP contribution is -2.50. The number of hydrogen-bond acceptors (Lipinski definition) is 4. The molecule has 0 fully saturated rings. The van der Waals surface area contributed by atoms with E-state index in [9.17, 15) is 9.90 Å². The quantitative estimate of drug-likeness (QED) is 0.423. The van der Waals surface area contributed by atoms with Crippen molar-refractivity contribution in [2.45, 2.75) is 13.0 Å². The van der Waals surface area contributed by atoms with Crippen molar-refractivity contribution in [1.82, 2.24) is 5.32 Å². The van der Waals surface area contributed by atoms with Gasteiger partial charge in [-0.2, -0.15) is 0 Å². The van der Waals surface area contributed by atoms with Gasteiger partial charge < -0.3 is 21.0 Å². The summed E-state index contributed by atoms with van der Waals surface area (Å²) in [7, 11) is 0. The van der Waals surface area contributed by atoms with E-state index in [1.54, 1.807) is 6.92 Å². The number of hydrogen-bond donors (Lipinski definition) is 2. The third-order valence-corrected chi connectivity index (χ3v) is 1.32. The summed E-state index contributed by atoms with van der Waals surface area (Å²) < 4.78 is 0. The Morgan fingerprint density at radius 2 is 2.44 bits per heavy atom. The molecule has 0 radical (unpaired) electrons. The minimum Gasteiger partial charge on any atom is -0.545 e. The zero-order valence-electron chi connectivity index (χ0n) is 4.97. The topological polar surface area (TPSA) is 78.2 Å². The summed E-state index contributed by atoms with van der Waals surface area (Å²) in [4.78, 5) is 10.1. The van der Waals surface area contributed by atoms with Crippen molar-refractivity contribution in [3.05, 3.63) is 11.4 Å². The molecule has 4 heteroatoms. The smallest absolute Gasteiger partial charge is 0.104 e. The molecule has 0 saturated heterocycles. The van der Waals surface area contributed by atoms with Crippen molar-refractivity contribution in [1.29, 1.82) is 0 Å². The van der Waals surface area contributed by atoms with E-state index in [0.29, 0.717) is 0 Å². The average Bonchev–Trinajstić information content (AvgIpc) is 1.62. The average molecular weight is 127 g/mol. The maximum absolute atomic E-state index is 10.1. The van der Waals surface area contributed by atoms with Crippen molar-refractivity contribution in [3.8, 4) is 0 Å². The van der Waals surface area contributed by atoms with Gasteiger partial charge in [0.25, 0.3) is 0 Å². The molecular weight excluding hydrogens is 120 g/mol. The van der Waals surface area contributed by atoms with E-state index in [2.05, 4.69) is 5.32 Å². The predicted octanol–water partition coefficient (Wildman–Crippen LogP) is -2.10. The zero-order chi connectivity index (χ0) is 7.02. The lowest BCUT2D eigenvalue weighted by Gasteiger charge is -2.30. The van der Waals surface area contributed by atoms with Gasteiger partial charge in [0, 0.05) is 5.57 Å². The van der Waals surface area contributed by atoms with E-state index >= 15 is 0 Å². The second-order valence-electron chi connectivity index (χ2n) is 1.98. The van der Waals surface area contributed by atoms with E-state index in [-0.39, 0.29) is 17.4 Å². The molecule has 1 aliphatic heterocycles. The van der Waals surface area contributed by atoms with Crippen molar-refractivity contribution in [3.63, 3.8) is 0 Å². The molecule has 0 bridgehead atoms. The fourth-order valence-corrected chi connectivity index (χ4v) is 0.825. The standard InChI is InChI=1S/C5H8N2O2/c1-2-3(5(8)9)4(6)7-2/h2,7H,6H2,1H3,(H,8,9)/p-1/t2-/m1/s1. The van der Waals surface area contributed by atoms with Crippen LogP contribution in [-0.4, -0.2) is 12.0 Å². The van der Waals surface area contributed by atoms with Crippen LogP contribution in [0.15, 0.2) is 11.4 Å². The summed E-state index contributed by atoms with van der Waals surface area (Å²) in [6.07, 6.45) is 0. The van der Waals surface area contributed by atoms with Gasteiger partial charge >= 0.3 is 0 Å². The minimum absolute atomic E-state index is 0.157. The molecule has 1 atom stereocenters. The van der Waals surface area contributed by atoms with Gasteiger partial charge in [-0.25, -0.2) is 0 Å². The third-order valence-electron chi connectivity index (χ3n) is 1.32. The molecule has 9 heavy (non-hydrogen) atoms. The van der Waals surface area contributed by atoms with Crippen LogP contribution in [0.3, 0.4) is 0 Å². The SMILES string of the molecule is C[C@H]1NC(N)=C1C(=O)[O-]. The molecule has 1 rings (SSSR count). The highest BCUT2D eigenvalue weighted by Crippen LogP contribution is 2.12. The third kappa shape index (κ3) is 0.718. The lowest BCUT2D eigenvalue weighted by atomic mass is 10.0. The molecular formula is C5H7N2O2-. The molecule has 0 amide bonds. The molecule has 0 aromatic rings. The van der Waals surface area contributed by atoms with E-state index < -0.39 is 5.97 Å². The molecule has 0 aromatic carbocycles. The number of rotatable bonds is 1. The minimum atomic E-state index is -1.18. The van der Waals surface area contributed by atoms with Crippen LogP contribution in [0.2, 0.25) is 0 Å². The number of carbonyl (C=O) groups excluding carboxylic acids is 1. The molecule has 0 aromatic heterocycles.